The van der Waals surface area contributed by atoms with Crippen LogP contribution in [0.4, 0.5) is 51.2 Å². The number of hydrogen-bond donors (Lipinski definition) is 0. The van der Waals surface area contributed by atoms with E-state index in [-0.39, 0.29) is 0 Å². The van der Waals surface area contributed by atoms with Crippen LogP contribution in [-0.2, 0) is 5.41 Å². The van der Waals surface area contributed by atoms with Gasteiger partial charge in [0.25, 0.3) is 0 Å². The number of anilines is 9. The molecule has 0 amide bonds. The van der Waals surface area contributed by atoms with Crippen LogP contribution in [0.25, 0.3) is 32.7 Å². The van der Waals surface area contributed by atoms with Crippen LogP contribution in [0.15, 0.2) is 218 Å². The van der Waals surface area contributed by atoms with Gasteiger partial charge in [-0.15, -0.1) is 0 Å². The van der Waals surface area contributed by atoms with Gasteiger partial charge in [0.05, 0.1) is 49.8 Å². The fraction of sp³-hybridized carbons (Fsp3) is 0.0968. The van der Waals surface area contributed by atoms with Crippen molar-refractivity contribution in [2.45, 2.75) is 19.3 Å². The van der Waals surface area contributed by atoms with E-state index in [2.05, 4.69) is 211 Å². The fourth-order valence-electron chi connectivity index (χ4n) is 10.3. The average molecular weight is 886 g/mol. The maximum atomic E-state index is 6.18. The van der Waals surface area contributed by atoms with E-state index in [0.29, 0.717) is 0 Å². The van der Waals surface area contributed by atoms with Crippen LogP contribution >= 0.6 is 0 Å². The molecule has 6 nitrogen and oxygen atoms in total. The van der Waals surface area contributed by atoms with Gasteiger partial charge in [-0.2, -0.15) is 0 Å². The van der Waals surface area contributed by atoms with Gasteiger partial charge in [0.1, 0.15) is 17.2 Å². The molecule has 0 spiro atoms. The van der Waals surface area contributed by atoms with Crippen LogP contribution in [-0.4, -0.2) is 21.3 Å². The van der Waals surface area contributed by atoms with Gasteiger partial charge in [0.2, 0.25) is 0 Å². The minimum Gasteiger partial charge on any atom is -0.495 e. The smallest absolute Gasteiger partial charge is 0.142 e. The van der Waals surface area contributed by atoms with Crippen molar-refractivity contribution in [3.63, 3.8) is 0 Å². The van der Waals surface area contributed by atoms with Crippen molar-refractivity contribution in [3.8, 4) is 28.4 Å². The lowest BCUT2D eigenvalue weighted by atomic mass is 9.81. The molecular weight excluding hydrogens is 835 g/mol. The predicted octanol–water partition coefficient (Wildman–Crippen LogP) is 16.7. The molecule has 0 unspecified atom stereocenters. The number of para-hydroxylation sites is 9. The molecule has 0 aromatic heterocycles. The second kappa shape index (κ2) is 17.4. The molecule has 0 radical (unpaired) electrons. The predicted molar refractivity (Wildman–Crippen MR) is 283 cm³/mol. The van der Waals surface area contributed by atoms with Crippen molar-refractivity contribution in [2.75, 3.05) is 36.0 Å². The molecule has 0 aliphatic heterocycles. The third-order valence-electron chi connectivity index (χ3n) is 13.5. The van der Waals surface area contributed by atoms with E-state index in [0.717, 1.165) is 90.0 Å². The van der Waals surface area contributed by atoms with Crippen LogP contribution < -0.4 is 28.9 Å². The summed E-state index contributed by atoms with van der Waals surface area (Å²) in [5, 5.41) is 4.37. The number of benzene rings is 10. The molecule has 332 valence electrons. The summed E-state index contributed by atoms with van der Waals surface area (Å²) in [7, 11) is 5.24. The van der Waals surface area contributed by atoms with Crippen molar-refractivity contribution in [3.05, 3.63) is 230 Å². The largest absolute Gasteiger partial charge is 0.495 e. The highest BCUT2D eigenvalue weighted by Gasteiger charge is 2.38. The van der Waals surface area contributed by atoms with Gasteiger partial charge < -0.3 is 28.9 Å². The molecule has 1 aliphatic rings. The lowest BCUT2D eigenvalue weighted by Gasteiger charge is -2.34. The molecule has 0 atom stereocenters. The van der Waals surface area contributed by atoms with E-state index in [1.807, 2.05) is 36.4 Å². The first-order valence-corrected chi connectivity index (χ1v) is 23.0. The Hall–Kier alpha value is -8.48. The molecule has 0 bridgehead atoms. The van der Waals surface area contributed by atoms with Gasteiger partial charge in [0, 0.05) is 49.7 Å². The van der Waals surface area contributed by atoms with E-state index in [4.69, 9.17) is 14.2 Å². The van der Waals surface area contributed by atoms with Gasteiger partial charge in [-0.1, -0.05) is 135 Å². The summed E-state index contributed by atoms with van der Waals surface area (Å²) in [6.45, 7) is 4.73. The molecule has 68 heavy (non-hydrogen) atoms. The van der Waals surface area contributed by atoms with Gasteiger partial charge in [-0.05, 0) is 119 Å². The zero-order valence-corrected chi connectivity index (χ0v) is 38.9. The van der Waals surface area contributed by atoms with Crippen LogP contribution in [0.1, 0.15) is 25.0 Å². The topological polar surface area (TPSA) is 37.4 Å². The van der Waals surface area contributed by atoms with Gasteiger partial charge in [-0.3, -0.25) is 0 Å². The van der Waals surface area contributed by atoms with Gasteiger partial charge in [0.15, 0.2) is 0 Å². The van der Waals surface area contributed by atoms with E-state index >= 15 is 0 Å². The lowest BCUT2D eigenvalue weighted by molar-refractivity contribution is 0.416. The first-order valence-electron chi connectivity index (χ1n) is 23.0. The van der Waals surface area contributed by atoms with Crippen molar-refractivity contribution < 1.29 is 14.2 Å². The van der Waals surface area contributed by atoms with Crippen molar-refractivity contribution in [1.82, 2.24) is 0 Å². The summed E-state index contributed by atoms with van der Waals surface area (Å²) in [6, 6.07) is 77.4. The Morgan fingerprint density at radius 2 is 0.676 bits per heavy atom. The van der Waals surface area contributed by atoms with Crippen LogP contribution in [0, 0.1) is 0 Å². The van der Waals surface area contributed by atoms with Crippen LogP contribution in [0.3, 0.4) is 0 Å². The van der Waals surface area contributed by atoms with E-state index in [1.165, 1.54) is 22.3 Å². The molecule has 10 aromatic carbocycles. The Bertz CT molecular complexity index is 3460. The molecule has 11 rings (SSSR count). The summed E-state index contributed by atoms with van der Waals surface area (Å²) in [5.74, 6) is 2.35. The molecule has 0 saturated heterocycles. The standard InChI is InChI=1S/C62H51N3O3/c1-62(2)52-39-45(63(42-23-9-6-10-24-42)54-31-17-20-34-57(54)66-3)37-38-46(52)49-40-50-51(41-53(49)62)61(65(44-27-13-8-14-28-44)56-33-19-22-36-59(56)68-5)48-30-16-15-29-47(48)60(50)64(43-25-11-7-12-26-43)55-32-18-21-35-58(55)67-4/h6-41H,1-5H3. The second-order valence-electron chi connectivity index (χ2n) is 17.6. The average Bonchev–Trinajstić information content (AvgIpc) is 3.61. The lowest BCUT2D eigenvalue weighted by Crippen LogP contribution is -2.18. The normalized spacial score (nSPS) is 12.3. The van der Waals surface area contributed by atoms with Gasteiger partial charge in [-0.25, -0.2) is 0 Å². The van der Waals surface area contributed by atoms with E-state index in [9.17, 15) is 0 Å². The Labute approximate surface area is 398 Å². The minimum absolute atomic E-state index is 0.398. The third-order valence-corrected chi connectivity index (χ3v) is 13.5. The highest BCUT2D eigenvalue weighted by molar-refractivity contribution is 6.24. The molecule has 0 N–H and O–H groups in total. The minimum atomic E-state index is -0.398. The highest BCUT2D eigenvalue weighted by atomic mass is 16.5. The van der Waals surface area contributed by atoms with Crippen molar-refractivity contribution >= 4 is 72.7 Å². The summed E-state index contributed by atoms with van der Waals surface area (Å²) >= 11 is 0. The number of methoxy groups -OCH3 is 3. The van der Waals surface area contributed by atoms with Crippen LogP contribution in [0.5, 0.6) is 17.2 Å². The molecular formula is C62H51N3O3. The Morgan fingerprint density at radius 3 is 1.13 bits per heavy atom. The second-order valence-corrected chi connectivity index (χ2v) is 17.6. The number of ether oxygens (including phenoxy) is 3. The number of fused-ring (bicyclic) bond motifs is 5. The quantitative estimate of drug-likeness (QED) is 0.0899. The van der Waals surface area contributed by atoms with Gasteiger partial charge >= 0.3 is 0 Å². The summed E-state index contributed by atoms with van der Waals surface area (Å²) in [6.07, 6.45) is 0. The number of nitrogens with zero attached hydrogens (tertiary/aromatic N) is 3. The van der Waals surface area contributed by atoms with E-state index < -0.39 is 5.41 Å². The summed E-state index contributed by atoms with van der Waals surface area (Å²) in [5.41, 5.74) is 13.6. The summed E-state index contributed by atoms with van der Waals surface area (Å²) in [4.78, 5) is 7.06. The monoisotopic (exact) mass is 885 g/mol. The number of rotatable bonds is 12. The zero-order valence-electron chi connectivity index (χ0n) is 38.9. The van der Waals surface area contributed by atoms with Crippen molar-refractivity contribution in [1.29, 1.82) is 0 Å². The third kappa shape index (κ3) is 6.96. The summed E-state index contributed by atoms with van der Waals surface area (Å²) < 4.78 is 18.3. The van der Waals surface area contributed by atoms with Crippen LogP contribution in [0.2, 0.25) is 0 Å². The first kappa shape index (κ1) is 42.2. The fourth-order valence-corrected chi connectivity index (χ4v) is 10.3. The maximum Gasteiger partial charge on any atom is 0.142 e. The Morgan fingerprint density at radius 1 is 0.309 bits per heavy atom. The maximum absolute atomic E-state index is 6.18. The number of hydrogen-bond acceptors (Lipinski definition) is 6. The molecule has 0 heterocycles. The highest BCUT2D eigenvalue weighted by Crippen LogP contribution is 2.58. The molecule has 0 saturated carbocycles. The van der Waals surface area contributed by atoms with Crippen molar-refractivity contribution in [2.24, 2.45) is 0 Å². The van der Waals surface area contributed by atoms with E-state index in [1.54, 1.807) is 21.3 Å². The zero-order chi connectivity index (χ0) is 46.4. The molecule has 0 fully saturated rings. The molecule has 1 aliphatic carbocycles. The SMILES string of the molecule is COc1ccccc1N(c1ccccc1)c1ccc2c(c1)C(C)(C)c1cc3c(N(c4ccccc4)c4ccccc4OC)c4ccccc4c(N(c4ccccc4)c4ccccc4OC)c3cc1-2. The Kier molecular flexibility index (Phi) is 10.8. The molecule has 10 aromatic rings. The Balaban J connectivity index is 1.26. The first-order chi connectivity index (χ1) is 33.4. The molecule has 6 heteroatoms.